The molecular formula is C15H18F3N5O. The van der Waals surface area contributed by atoms with Crippen molar-refractivity contribution in [2.24, 2.45) is 7.05 Å². The van der Waals surface area contributed by atoms with E-state index >= 15 is 0 Å². The molecule has 9 heteroatoms. The molecule has 6 nitrogen and oxygen atoms in total. The summed E-state index contributed by atoms with van der Waals surface area (Å²) >= 11 is 0. The zero-order valence-corrected chi connectivity index (χ0v) is 13.2. The van der Waals surface area contributed by atoms with E-state index in [-0.39, 0.29) is 24.8 Å². The van der Waals surface area contributed by atoms with Gasteiger partial charge in [-0.2, -0.15) is 23.4 Å². The first-order chi connectivity index (χ1) is 11.3. The Morgan fingerprint density at radius 1 is 1.42 bits per heavy atom. The van der Waals surface area contributed by atoms with E-state index in [0.29, 0.717) is 12.2 Å². The number of hydrogen-bond acceptors (Lipinski definition) is 3. The predicted molar refractivity (Wildman–Crippen MR) is 78.9 cm³/mol. The Hall–Kier alpha value is -2.32. The third kappa shape index (κ3) is 3.95. The maximum Gasteiger partial charge on any atom is 0.435 e. The fourth-order valence-electron chi connectivity index (χ4n) is 2.52. The average Bonchev–Trinajstić information content (AvgIpc) is 3.11. The van der Waals surface area contributed by atoms with E-state index in [9.17, 15) is 18.0 Å². The van der Waals surface area contributed by atoms with Crippen molar-refractivity contribution in [2.75, 3.05) is 0 Å². The number of hydrogen-bond donors (Lipinski definition) is 1. The van der Waals surface area contributed by atoms with Crippen LogP contribution in [0.15, 0.2) is 18.5 Å². The van der Waals surface area contributed by atoms with Crippen LogP contribution in [0.5, 0.6) is 0 Å². The second kappa shape index (κ2) is 6.29. The van der Waals surface area contributed by atoms with Gasteiger partial charge in [0.25, 0.3) is 0 Å². The predicted octanol–water partition coefficient (Wildman–Crippen LogP) is 2.22. The van der Waals surface area contributed by atoms with Gasteiger partial charge in [-0.15, -0.1) is 0 Å². The van der Waals surface area contributed by atoms with E-state index in [1.807, 2.05) is 0 Å². The fraction of sp³-hybridized carbons (Fsp3) is 0.533. The Bertz CT molecular complexity index is 730. The number of nitrogens with zero attached hydrogens (tertiary/aromatic N) is 4. The normalized spacial score (nSPS) is 14.8. The van der Waals surface area contributed by atoms with Crippen LogP contribution in [0.4, 0.5) is 13.2 Å². The smallest absolute Gasteiger partial charge is 0.352 e. The SMILES string of the molecule is Cn1cc(CNC(=O)CCn2nc(C(F)(F)F)cc2C2CC2)cn1. The lowest BCUT2D eigenvalue weighted by atomic mass is 10.2. The van der Waals surface area contributed by atoms with Gasteiger partial charge in [-0.25, -0.2) is 0 Å². The average molecular weight is 341 g/mol. The summed E-state index contributed by atoms with van der Waals surface area (Å²) in [5.74, 6) is -0.100. The third-order valence-corrected chi connectivity index (χ3v) is 3.90. The van der Waals surface area contributed by atoms with Gasteiger partial charge in [0, 0.05) is 49.9 Å². The molecular weight excluding hydrogens is 323 g/mol. The van der Waals surface area contributed by atoms with Crippen LogP contribution in [0.1, 0.15) is 42.1 Å². The molecule has 0 atom stereocenters. The van der Waals surface area contributed by atoms with Gasteiger partial charge in [0.05, 0.1) is 6.20 Å². The molecule has 0 unspecified atom stereocenters. The lowest BCUT2D eigenvalue weighted by Gasteiger charge is -2.07. The summed E-state index contributed by atoms with van der Waals surface area (Å²) in [5, 5.41) is 10.4. The van der Waals surface area contributed by atoms with Gasteiger partial charge >= 0.3 is 6.18 Å². The van der Waals surface area contributed by atoms with Gasteiger partial charge in [-0.3, -0.25) is 14.2 Å². The molecule has 1 aliphatic rings. The maximum atomic E-state index is 12.8. The maximum absolute atomic E-state index is 12.8. The minimum atomic E-state index is -4.46. The summed E-state index contributed by atoms with van der Waals surface area (Å²) in [5.41, 5.74) is 0.547. The van der Waals surface area contributed by atoms with Gasteiger partial charge in [-0.1, -0.05) is 0 Å². The van der Waals surface area contributed by atoms with Crippen molar-refractivity contribution in [2.45, 2.75) is 44.4 Å². The zero-order chi connectivity index (χ0) is 17.3. The Kier molecular flexibility index (Phi) is 4.33. The molecule has 1 N–H and O–H groups in total. The van der Waals surface area contributed by atoms with Crippen molar-refractivity contribution in [1.82, 2.24) is 24.9 Å². The Balaban J connectivity index is 1.57. The fourth-order valence-corrected chi connectivity index (χ4v) is 2.52. The number of alkyl halides is 3. The summed E-state index contributed by atoms with van der Waals surface area (Å²) in [6, 6.07) is 1.10. The quantitative estimate of drug-likeness (QED) is 0.876. The molecule has 1 amide bonds. The van der Waals surface area contributed by atoms with Gasteiger partial charge in [0.2, 0.25) is 5.91 Å². The molecule has 0 radical (unpaired) electrons. The molecule has 130 valence electrons. The molecule has 1 aliphatic carbocycles. The number of aromatic nitrogens is 4. The topological polar surface area (TPSA) is 64.7 Å². The van der Waals surface area contributed by atoms with Crippen LogP contribution in [0, 0.1) is 0 Å². The molecule has 1 saturated carbocycles. The molecule has 0 bridgehead atoms. The minimum Gasteiger partial charge on any atom is -0.352 e. The summed E-state index contributed by atoms with van der Waals surface area (Å²) in [6.45, 7) is 0.482. The summed E-state index contributed by atoms with van der Waals surface area (Å²) in [7, 11) is 1.78. The van der Waals surface area contributed by atoms with E-state index in [0.717, 1.165) is 24.5 Å². The Morgan fingerprint density at radius 3 is 2.75 bits per heavy atom. The molecule has 2 heterocycles. The summed E-state index contributed by atoms with van der Waals surface area (Å²) in [6.07, 6.45) is 0.798. The van der Waals surface area contributed by atoms with Crippen LogP contribution in [0.3, 0.4) is 0 Å². The van der Waals surface area contributed by atoms with Crippen LogP contribution in [-0.2, 0) is 31.1 Å². The van der Waals surface area contributed by atoms with Crippen LogP contribution >= 0.6 is 0 Å². The van der Waals surface area contributed by atoms with E-state index in [2.05, 4.69) is 15.5 Å². The first kappa shape index (κ1) is 16.5. The number of amides is 1. The molecule has 24 heavy (non-hydrogen) atoms. The molecule has 1 fully saturated rings. The second-order valence-electron chi connectivity index (χ2n) is 6.00. The molecule has 3 rings (SSSR count). The Labute approximate surface area is 136 Å². The Morgan fingerprint density at radius 2 is 2.17 bits per heavy atom. The third-order valence-electron chi connectivity index (χ3n) is 3.90. The van der Waals surface area contributed by atoms with Gasteiger partial charge < -0.3 is 5.32 Å². The number of aryl methyl sites for hydroxylation is 2. The highest BCUT2D eigenvalue weighted by atomic mass is 19.4. The van der Waals surface area contributed by atoms with E-state index < -0.39 is 11.9 Å². The minimum absolute atomic E-state index is 0.0823. The van der Waals surface area contributed by atoms with Crippen LogP contribution in [-0.4, -0.2) is 25.5 Å². The molecule has 0 saturated heterocycles. The first-order valence-corrected chi connectivity index (χ1v) is 7.72. The van der Waals surface area contributed by atoms with Crippen molar-refractivity contribution in [3.05, 3.63) is 35.4 Å². The number of nitrogens with one attached hydrogen (secondary N) is 1. The van der Waals surface area contributed by atoms with E-state index in [1.54, 1.807) is 24.1 Å². The van der Waals surface area contributed by atoms with Crippen molar-refractivity contribution < 1.29 is 18.0 Å². The van der Waals surface area contributed by atoms with E-state index in [4.69, 9.17) is 0 Å². The molecule has 2 aromatic rings. The van der Waals surface area contributed by atoms with Crippen molar-refractivity contribution >= 4 is 5.91 Å². The lowest BCUT2D eigenvalue weighted by molar-refractivity contribution is -0.141. The van der Waals surface area contributed by atoms with Crippen LogP contribution in [0.25, 0.3) is 0 Å². The number of rotatable bonds is 6. The highest BCUT2D eigenvalue weighted by Crippen LogP contribution is 2.42. The summed E-state index contributed by atoms with van der Waals surface area (Å²) in [4.78, 5) is 11.9. The van der Waals surface area contributed by atoms with Crippen molar-refractivity contribution in [3.8, 4) is 0 Å². The molecule has 0 aromatic carbocycles. The summed E-state index contributed by atoms with van der Waals surface area (Å²) < 4.78 is 41.4. The lowest BCUT2D eigenvalue weighted by Crippen LogP contribution is -2.24. The zero-order valence-electron chi connectivity index (χ0n) is 13.2. The van der Waals surface area contributed by atoms with Crippen LogP contribution < -0.4 is 5.32 Å². The highest BCUT2D eigenvalue weighted by molar-refractivity contribution is 5.75. The largest absolute Gasteiger partial charge is 0.435 e. The molecule has 2 aromatic heterocycles. The van der Waals surface area contributed by atoms with Gasteiger partial charge in [0.1, 0.15) is 0 Å². The number of halogens is 3. The number of carbonyl (C=O) groups is 1. The monoisotopic (exact) mass is 341 g/mol. The van der Waals surface area contributed by atoms with Crippen molar-refractivity contribution in [3.63, 3.8) is 0 Å². The number of carbonyl (C=O) groups excluding carboxylic acids is 1. The van der Waals surface area contributed by atoms with E-state index in [1.165, 1.54) is 4.68 Å². The van der Waals surface area contributed by atoms with Crippen molar-refractivity contribution in [1.29, 1.82) is 0 Å². The molecule has 0 aliphatic heterocycles. The van der Waals surface area contributed by atoms with Crippen LogP contribution in [0.2, 0.25) is 0 Å². The van der Waals surface area contributed by atoms with Gasteiger partial charge in [-0.05, 0) is 18.9 Å². The highest BCUT2D eigenvalue weighted by Gasteiger charge is 2.37. The standard InChI is InChI=1S/C15H18F3N5O/c1-22-9-10(8-20-22)7-19-14(24)4-5-23-12(11-2-3-11)6-13(21-23)15(16,17)18/h6,8-9,11H,2-5,7H2,1H3,(H,19,24). The second-order valence-corrected chi connectivity index (χ2v) is 6.00. The molecule has 0 spiro atoms. The first-order valence-electron chi connectivity index (χ1n) is 7.72. The van der Waals surface area contributed by atoms with Gasteiger partial charge in [0.15, 0.2) is 5.69 Å².